The Kier molecular flexibility index (Phi) is 3.85. The van der Waals surface area contributed by atoms with Gasteiger partial charge in [0.1, 0.15) is 4.70 Å². The van der Waals surface area contributed by atoms with Crippen LogP contribution in [0.1, 0.15) is 20.3 Å². The molecule has 0 spiro atoms. The van der Waals surface area contributed by atoms with E-state index in [1.807, 2.05) is 36.4 Å². The Hall–Kier alpha value is -1.98. The van der Waals surface area contributed by atoms with E-state index < -0.39 is 5.60 Å². The van der Waals surface area contributed by atoms with E-state index in [2.05, 4.69) is 4.98 Å². The fourth-order valence-corrected chi connectivity index (χ4v) is 3.31. The first-order valence-electron chi connectivity index (χ1n) is 7.21. The molecule has 3 rings (SSSR count). The van der Waals surface area contributed by atoms with Gasteiger partial charge in [-0.2, -0.15) is 0 Å². The second-order valence-electron chi connectivity index (χ2n) is 6.00. The average molecular weight is 314 g/mol. The molecule has 0 bridgehead atoms. The summed E-state index contributed by atoms with van der Waals surface area (Å²) in [7, 11) is 0. The molecule has 5 heteroatoms. The molecule has 0 radical (unpaired) electrons. The fourth-order valence-electron chi connectivity index (χ4n) is 2.24. The van der Waals surface area contributed by atoms with E-state index in [-0.39, 0.29) is 5.56 Å². The number of aromatic nitrogens is 2. The number of nitrogens with zero attached hydrogens (tertiary/aromatic N) is 2. The monoisotopic (exact) mass is 314 g/mol. The third kappa shape index (κ3) is 3.10. The van der Waals surface area contributed by atoms with Crippen LogP contribution in [0.2, 0.25) is 0 Å². The lowest BCUT2D eigenvalue weighted by molar-refractivity contribution is 0.0659. The molecule has 0 saturated heterocycles. The Bertz CT molecular complexity index is 844. The highest BCUT2D eigenvalue weighted by Crippen LogP contribution is 2.30. The minimum absolute atomic E-state index is 0.0403. The van der Waals surface area contributed by atoms with Gasteiger partial charge in [0.05, 0.1) is 17.4 Å². The van der Waals surface area contributed by atoms with Crippen molar-refractivity contribution in [2.24, 2.45) is 0 Å². The van der Waals surface area contributed by atoms with Crippen molar-refractivity contribution in [2.45, 2.75) is 32.4 Å². The minimum Gasteiger partial charge on any atom is -0.390 e. The SMILES string of the molecule is CC(C)(O)CCn1cnc2cc(-c3ccccc3)sc2c1=O. The second kappa shape index (κ2) is 5.66. The van der Waals surface area contributed by atoms with Crippen molar-refractivity contribution in [1.29, 1.82) is 0 Å². The van der Waals surface area contributed by atoms with Crippen LogP contribution in [0.3, 0.4) is 0 Å². The second-order valence-corrected chi connectivity index (χ2v) is 7.05. The Morgan fingerprint density at radius 2 is 2.00 bits per heavy atom. The molecule has 2 heterocycles. The topological polar surface area (TPSA) is 55.1 Å². The predicted octanol–water partition coefficient (Wildman–Crippen LogP) is 3.29. The van der Waals surface area contributed by atoms with Crippen LogP contribution in [-0.4, -0.2) is 20.3 Å². The standard InChI is InChI=1S/C17H18N2O2S/c1-17(2,21)8-9-19-11-18-13-10-14(22-15(13)16(19)20)12-6-4-3-5-7-12/h3-7,10-11,21H,8-9H2,1-2H3. The van der Waals surface area contributed by atoms with Crippen molar-refractivity contribution < 1.29 is 5.11 Å². The molecule has 0 atom stereocenters. The highest BCUT2D eigenvalue weighted by molar-refractivity contribution is 7.22. The zero-order chi connectivity index (χ0) is 15.7. The average Bonchev–Trinajstić information content (AvgIpc) is 2.92. The molecule has 2 aromatic heterocycles. The molecule has 0 aliphatic heterocycles. The van der Waals surface area contributed by atoms with Crippen LogP contribution in [-0.2, 0) is 6.54 Å². The van der Waals surface area contributed by atoms with Crippen LogP contribution >= 0.6 is 11.3 Å². The maximum Gasteiger partial charge on any atom is 0.271 e. The van der Waals surface area contributed by atoms with Gasteiger partial charge in [-0.25, -0.2) is 4.98 Å². The smallest absolute Gasteiger partial charge is 0.271 e. The van der Waals surface area contributed by atoms with Crippen molar-refractivity contribution in [3.63, 3.8) is 0 Å². The van der Waals surface area contributed by atoms with E-state index >= 15 is 0 Å². The van der Waals surface area contributed by atoms with Gasteiger partial charge in [-0.1, -0.05) is 30.3 Å². The van der Waals surface area contributed by atoms with Gasteiger partial charge in [0.25, 0.3) is 5.56 Å². The Morgan fingerprint density at radius 3 is 2.68 bits per heavy atom. The van der Waals surface area contributed by atoms with Gasteiger partial charge in [-0.3, -0.25) is 9.36 Å². The molecule has 4 nitrogen and oxygen atoms in total. The first-order valence-corrected chi connectivity index (χ1v) is 8.02. The Balaban J connectivity index is 1.99. The van der Waals surface area contributed by atoms with E-state index in [1.54, 1.807) is 24.7 Å². The van der Waals surface area contributed by atoms with Crippen molar-refractivity contribution in [2.75, 3.05) is 0 Å². The number of thiophene rings is 1. The van der Waals surface area contributed by atoms with E-state index in [9.17, 15) is 9.90 Å². The molecule has 0 aliphatic carbocycles. The summed E-state index contributed by atoms with van der Waals surface area (Å²) in [5, 5.41) is 9.80. The molecular weight excluding hydrogens is 296 g/mol. The summed E-state index contributed by atoms with van der Waals surface area (Å²) >= 11 is 1.47. The summed E-state index contributed by atoms with van der Waals surface area (Å²) < 4.78 is 2.24. The van der Waals surface area contributed by atoms with Crippen LogP contribution < -0.4 is 5.56 Å². The number of fused-ring (bicyclic) bond motifs is 1. The Morgan fingerprint density at radius 1 is 1.27 bits per heavy atom. The fraction of sp³-hybridized carbons (Fsp3) is 0.294. The summed E-state index contributed by atoms with van der Waals surface area (Å²) in [4.78, 5) is 18.0. The van der Waals surface area contributed by atoms with Crippen LogP contribution in [0.5, 0.6) is 0 Å². The zero-order valence-corrected chi connectivity index (χ0v) is 13.4. The van der Waals surface area contributed by atoms with Gasteiger partial charge < -0.3 is 5.11 Å². The van der Waals surface area contributed by atoms with Gasteiger partial charge in [-0.05, 0) is 31.9 Å². The molecular formula is C17H18N2O2S. The maximum absolute atomic E-state index is 12.5. The molecule has 0 saturated carbocycles. The highest BCUT2D eigenvalue weighted by Gasteiger charge is 2.14. The van der Waals surface area contributed by atoms with Gasteiger partial charge in [-0.15, -0.1) is 11.3 Å². The molecule has 22 heavy (non-hydrogen) atoms. The van der Waals surface area contributed by atoms with Gasteiger partial charge in [0.15, 0.2) is 0 Å². The van der Waals surface area contributed by atoms with Gasteiger partial charge in [0, 0.05) is 11.4 Å². The van der Waals surface area contributed by atoms with Crippen LogP contribution in [0, 0.1) is 0 Å². The molecule has 0 amide bonds. The van der Waals surface area contributed by atoms with Gasteiger partial charge >= 0.3 is 0 Å². The van der Waals surface area contributed by atoms with Crippen molar-refractivity contribution >= 4 is 21.6 Å². The lowest BCUT2D eigenvalue weighted by Crippen LogP contribution is -2.26. The number of aliphatic hydroxyl groups is 1. The molecule has 114 valence electrons. The first-order chi connectivity index (χ1) is 10.4. The number of hydrogen-bond acceptors (Lipinski definition) is 4. The molecule has 0 aliphatic rings. The number of rotatable bonds is 4. The zero-order valence-electron chi connectivity index (χ0n) is 12.6. The molecule has 1 N–H and O–H groups in total. The lowest BCUT2D eigenvalue weighted by atomic mass is 10.1. The van der Waals surface area contributed by atoms with E-state index in [0.29, 0.717) is 17.7 Å². The largest absolute Gasteiger partial charge is 0.390 e. The van der Waals surface area contributed by atoms with Crippen molar-refractivity contribution in [1.82, 2.24) is 9.55 Å². The quantitative estimate of drug-likeness (QED) is 0.804. The van der Waals surface area contributed by atoms with E-state index in [1.165, 1.54) is 11.3 Å². The summed E-state index contributed by atoms with van der Waals surface area (Å²) in [5.41, 5.74) is 0.988. The van der Waals surface area contributed by atoms with Crippen LogP contribution in [0.25, 0.3) is 20.7 Å². The highest BCUT2D eigenvalue weighted by atomic mass is 32.1. The maximum atomic E-state index is 12.5. The minimum atomic E-state index is -0.793. The first kappa shape index (κ1) is 14.9. The summed E-state index contributed by atoms with van der Waals surface area (Å²) in [6.07, 6.45) is 2.08. The third-order valence-corrected chi connectivity index (χ3v) is 4.69. The normalized spacial score (nSPS) is 12.0. The lowest BCUT2D eigenvalue weighted by Gasteiger charge is -2.17. The van der Waals surface area contributed by atoms with E-state index in [4.69, 9.17) is 0 Å². The third-order valence-electron chi connectivity index (χ3n) is 3.53. The molecule has 0 fully saturated rings. The summed E-state index contributed by atoms with van der Waals surface area (Å²) in [5.74, 6) is 0. The number of aryl methyl sites for hydroxylation is 1. The molecule has 0 unspecified atom stereocenters. The molecule has 3 aromatic rings. The molecule has 1 aromatic carbocycles. The summed E-state index contributed by atoms with van der Waals surface area (Å²) in [6, 6.07) is 11.9. The van der Waals surface area contributed by atoms with Gasteiger partial charge in [0.2, 0.25) is 0 Å². The van der Waals surface area contributed by atoms with Crippen molar-refractivity contribution in [3.8, 4) is 10.4 Å². The van der Waals surface area contributed by atoms with Crippen LogP contribution in [0.15, 0.2) is 47.5 Å². The van der Waals surface area contributed by atoms with Crippen molar-refractivity contribution in [3.05, 3.63) is 53.1 Å². The summed E-state index contributed by atoms with van der Waals surface area (Å²) in [6.45, 7) is 3.94. The predicted molar refractivity (Wildman–Crippen MR) is 90.2 cm³/mol. The number of benzene rings is 1. The Labute approximate surface area is 132 Å². The van der Waals surface area contributed by atoms with E-state index in [0.717, 1.165) is 16.0 Å². The number of hydrogen-bond donors (Lipinski definition) is 1. The van der Waals surface area contributed by atoms with Crippen LogP contribution in [0.4, 0.5) is 0 Å².